The Morgan fingerprint density at radius 3 is 2.44 bits per heavy atom. The third-order valence-electron chi connectivity index (χ3n) is 2.24. The van der Waals surface area contributed by atoms with Gasteiger partial charge in [-0.2, -0.15) is 4.98 Å². The van der Waals surface area contributed by atoms with E-state index in [1.807, 2.05) is 38.1 Å². The van der Waals surface area contributed by atoms with Gasteiger partial charge in [0.2, 0.25) is 5.88 Å². The number of rotatable bonds is 3. The van der Waals surface area contributed by atoms with E-state index < -0.39 is 0 Å². The lowest BCUT2D eigenvalue weighted by atomic mass is 10.2. The molecule has 0 aliphatic heterocycles. The molecule has 18 heavy (non-hydrogen) atoms. The van der Waals surface area contributed by atoms with Crippen LogP contribution in [0.3, 0.4) is 0 Å². The van der Waals surface area contributed by atoms with Gasteiger partial charge in [0, 0.05) is 16.5 Å². The normalized spacial score (nSPS) is 10.7. The van der Waals surface area contributed by atoms with E-state index in [9.17, 15) is 0 Å². The van der Waals surface area contributed by atoms with Gasteiger partial charge in [0.05, 0.1) is 0 Å². The van der Waals surface area contributed by atoms with Crippen LogP contribution in [0.5, 0.6) is 11.6 Å². The Balaban J connectivity index is 2.26. The first kappa shape index (κ1) is 13.3. The smallest absolute Gasteiger partial charge is 0.224 e. The molecule has 94 valence electrons. The number of hydrogen-bond donors (Lipinski definition) is 0. The standard InChI is InChI=1S/C13H12BrClN2O/c1-8(2)13-16-11(15)7-12(17-13)18-10-5-3-9(14)4-6-10/h3-8H,1-2H3. The molecular weight excluding hydrogens is 316 g/mol. The van der Waals surface area contributed by atoms with Crippen LogP contribution in [0.15, 0.2) is 34.8 Å². The third kappa shape index (κ3) is 3.43. The molecule has 0 spiro atoms. The first-order valence-electron chi connectivity index (χ1n) is 5.52. The Hall–Kier alpha value is -1.13. The van der Waals surface area contributed by atoms with E-state index in [0.717, 1.165) is 4.47 Å². The molecule has 0 aliphatic carbocycles. The minimum atomic E-state index is 0.205. The lowest BCUT2D eigenvalue weighted by Crippen LogP contribution is -1.99. The second-order valence-electron chi connectivity index (χ2n) is 4.10. The fourth-order valence-electron chi connectivity index (χ4n) is 1.35. The molecule has 1 aromatic heterocycles. The van der Waals surface area contributed by atoms with Gasteiger partial charge in [-0.25, -0.2) is 4.98 Å². The number of aromatic nitrogens is 2. The van der Waals surface area contributed by atoms with Gasteiger partial charge >= 0.3 is 0 Å². The molecule has 0 saturated heterocycles. The molecule has 0 fully saturated rings. The van der Waals surface area contributed by atoms with Gasteiger partial charge in [0.25, 0.3) is 0 Å². The number of benzene rings is 1. The Morgan fingerprint density at radius 1 is 1.17 bits per heavy atom. The minimum Gasteiger partial charge on any atom is -0.439 e. The predicted molar refractivity (Wildman–Crippen MR) is 75.3 cm³/mol. The maximum absolute atomic E-state index is 5.95. The summed E-state index contributed by atoms with van der Waals surface area (Å²) in [6.07, 6.45) is 0. The largest absolute Gasteiger partial charge is 0.439 e. The molecule has 2 rings (SSSR count). The van der Waals surface area contributed by atoms with Crippen LogP contribution in [-0.4, -0.2) is 9.97 Å². The molecule has 0 atom stereocenters. The average molecular weight is 328 g/mol. The van der Waals surface area contributed by atoms with Crippen molar-refractivity contribution in [3.05, 3.63) is 45.8 Å². The van der Waals surface area contributed by atoms with Gasteiger partial charge in [-0.3, -0.25) is 0 Å². The maximum atomic E-state index is 5.95. The summed E-state index contributed by atoms with van der Waals surface area (Å²) in [5.74, 6) is 2.05. The number of ether oxygens (including phenoxy) is 1. The summed E-state index contributed by atoms with van der Waals surface area (Å²) in [4.78, 5) is 8.48. The van der Waals surface area contributed by atoms with E-state index in [1.54, 1.807) is 6.07 Å². The highest BCUT2D eigenvalue weighted by atomic mass is 79.9. The van der Waals surface area contributed by atoms with E-state index in [2.05, 4.69) is 25.9 Å². The van der Waals surface area contributed by atoms with Crippen LogP contribution in [0.1, 0.15) is 25.6 Å². The molecule has 0 aliphatic rings. The van der Waals surface area contributed by atoms with Gasteiger partial charge in [-0.1, -0.05) is 41.4 Å². The Kier molecular flexibility index (Phi) is 4.19. The average Bonchev–Trinajstić information content (AvgIpc) is 2.31. The van der Waals surface area contributed by atoms with Crippen molar-refractivity contribution in [2.24, 2.45) is 0 Å². The highest BCUT2D eigenvalue weighted by Crippen LogP contribution is 2.24. The zero-order chi connectivity index (χ0) is 13.1. The van der Waals surface area contributed by atoms with Gasteiger partial charge in [0.1, 0.15) is 16.7 Å². The highest BCUT2D eigenvalue weighted by Gasteiger charge is 2.08. The van der Waals surface area contributed by atoms with Crippen LogP contribution in [0, 0.1) is 0 Å². The molecule has 3 nitrogen and oxygen atoms in total. The molecule has 0 bridgehead atoms. The number of nitrogens with zero attached hydrogens (tertiary/aromatic N) is 2. The lowest BCUT2D eigenvalue weighted by molar-refractivity contribution is 0.457. The molecule has 0 radical (unpaired) electrons. The number of halogens is 2. The van der Waals surface area contributed by atoms with E-state index in [0.29, 0.717) is 22.6 Å². The van der Waals surface area contributed by atoms with Gasteiger partial charge < -0.3 is 4.74 Å². The van der Waals surface area contributed by atoms with Crippen molar-refractivity contribution in [1.29, 1.82) is 0 Å². The quantitative estimate of drug-likeness (QED) is 0.759. The molecular formula is C13H12BrClN2O. The second-order valence-corrected chi connectivity index (χ2v) is 5.40. The van der Waals surface area contributed by atoms with Gasteiger partial charge in [-0.15, -0.1) is 0 Å². The summed E-state index contributed by atoms with van der Waals surface area (Å²) in [5.41, 5.74) is 0. The van der Waals surface area contributed by atoms with Gasteiger partial charge in [0.15, 0.2) is 0 Å². The monoisotopic (exact) mass is 326 g/mol. The lowest BCUT2D eigenvalue weighted by Gasteiger charge is -2.08. The van der Waals surface area contributed by atoms with Crippen LogP contribution in [-0.2, 0) is 0 Å². The van der Waals surface area contributed by atoms with Crippen molar-refractivity contribution in [2.75, 3.05) is 0 Å². The predicted octanol–water partition coefficient (Wildman–Crippen LogP) is 4.81. The Labute approximate surface area is 119 Å². The van der Waals surface area contributed by atoms with Crippen LogP contribution < -0.4 is 4.74 Å². The topological polar surface area (TPSA) is 35.0 Å². The minimum absolute atomic E-state index is 0.205. The fourth-order valence-corrected chi connectivity index (χ4v) is 1.79. The first-order valence-corrected chi connectivity index (χ1v) is 6.69. The summed E-state index contributed by atoms with van der Waals surface area (Å²) in [7, 11) is 0. The van der Waals surface area contributed by atoms with E-state index in [1.165, 1.54) is 0 Å². The molecule has 5 heteroatoms. The third-order valence-corrected chi connectivity index (χ3v) is 2.96. The van der Waals surface area contributed by atoms with E-state index in [4.69, 9.17) is 16.3 Å². The van der Waals surface area contributed by atoms with E-state index in [-0.39, 0.29) is 5.92 Å². The summed E-state index contributed by atoms with van der Waals surface area (Å²) in [6.45, 7) is 4.02. The molecule has 0 N–H and O–H groups in total. The summed E-state index contributed by atoms with van der Waals surface area (Å²) >= 11 is 9.32. The van der Waals surface area contributed by atoms with Crippen molar-refractivity contribution >= 4 is 27.5 Å². The van der Waals surface area contributed by atoms with Crippen molar-refractivity contribution in [1.82, 2.24) is 9.97 Å². The molecule has 0 amide bonds. The molecule has 0 saturated carbocycles. The number of hydrogen-bond acceptors (Lipinski definition) is 3. The second kappa shape index (κ2) is 5.67. The zero-order valence-corrected chi connectivity index (χ0v) is 12.4. The Morgan fingerprint density at radius 2 is 1.83 bits per heavy atom. The summed E-state index contributed by atoms with van der Waals surface area (Å²) in [6, 6.07) is 9.13. The van der Waals surface area contributed by atoms with Crippen molar-refractivity contribution in [3.63, 3.8) is 0 Å². The van der Waals surface area contributed by atoms with Crippen LogP contribution in [0.4, 0.5) is 0 Å². The zero-order valence-electron chi connectivity index (χ0n) is 10.0. The van der Waals surface area contributed by atoms with Crippen LogP contribution >= 0.6 is 27.5 Å². The van der Waals surface area contributed by atoms with Crippen molar-refractivity contribution in [3.8, 4) is 11.6 Å². The Bertz CT molecular complexity index is 543. The molecule has 2 aromatic rings. The SMILES string of the molecule is CC(C)c1nc(Cl)cc(Oc2ccc(Br)cc2)n1. The molecule has 0 unspecified atom stereocenters. The summed E-state index contributed by atoms with van der Waals surface area (Å²) in [5, 5.41) is 0.390. The molecule has 1 aromatic carbocycles. The van der Waals surface area contributed by atoms with Gasteiger partial charge in [-0.05, 0) is 24.3 Å². The van der Waals surface area contributed by atoms with Crippen molar-refractivity contribution < 1.29 is 4.74 Å². The highest BCUT2D eigenvalue weighted by molar-refractivity contribution is 9.10. The fraction of sp³-hybridized carbons (Fsp3) is 0.231. The van der Waals surface area contributed by atoms with Crippen LogP contribution in [0.2, 0.25) is 5.15 Å². The first-order chi connectivity index (χ1) is 8.54. The maximum Gasteiger partial charge on any atom is 0.224 e. The molecule has 1 heterocycles. The summed E-state index contributed by atoms with van der Waals surface area (Å²) < 4.78 is 6.65. The van der Waals surface area contributed by atoms with Crippen molar-refractivity contribution in [2.45, 2.75) is 19.8 Å². The van der Waals surface area contributed by atoms with E-state index >= 15 is 0 Å². The van der Waals surface area contributed by atoms with Crippen LogP contribution in [0.25, 0.3) is 0 Å².